The molecule has 0 radical (unpaired) electrons. The van der Waals surface area contributed by atoms with Crippen molar-refractivity contribution in [3.05, 3.63) is 52.2 Å². The van der Waals surface area contributed by atoms with Crippen molar-refractivity contribution < 1.29 is 4.52 Å². The van der Waals surface area contributed by atoms with Crippen molar-refractivity contribution in [2.75, 3.05) is 6.54 Å². The summed E-state index contributed by atoms with van der Waals surface area (Å²) in [6.07, 6.45) is 2.57. The monoisotopic (exact) mass is 346 g/mol. The second-order valence-electron chi connectivity index (χ2n) is 4.76. The molecule has 0 spiro atoms. The fraction of sp³-hybridized carbons (Fsp3) is 0.267. The molecule has 0 bridgehead atoms. The average Bonchev–Trinajstić information content (AvgIpc) is 2.91. The number of benzene rings is 1. The highest BCUT2D eigenvalue weighted by Crippen LogP contribution is 2.24. The molecule has 0 unspecified atom stereocenters. The fourth-order valence-corrected chi connectivity index (χ4v) is 2.66. The van der Waals surface area contributed by atoms with E-state index in [0.29, 0.717) is 5.89 Å². The van der Waals surface area contributed by atoms with Gasteiger partial charge in [-0.2, -0.15) is 4.98 Å². The molecule has 3 aromatic rings. The van der Waals surface area contributed by atoms with Crippen LogP contribution in [0.25, 0.3) is 10.9 Å². The van der Waals surface area contributed by atoms with Gasteiger partial charge < -0.3 is 9.84 Å². The minimum atomic E-state index is 0.605. The van der Waals surface area contributed by atoms with Crippen LogP contribution in [0.4, 0.5) is 0 Å². The molecule has 0 saturated heterocycles. The van der Waals surface area contributed by atoms with E-state index in [2.05, 4.69) is 54.6 Å². The van der Waals surface area contributed by atoms with Crippen molar-refractivity contribution in [1.29, 1.82) is 0 Å². The van der Waals surface area contributed by atoms with E-state index in [1.54, 1.807) is 6.92 Å². The maximum atomic E-state index is 4.95. The van der Waals surface area contributed by atoms with Crippen molar-refractivity contribution in [2.24, 2.45) is 0 Å². The molecule has 3 rings (SSSR count). The van der Waals surface area contributed by atoms with Gasteiger partial charge in [0, 0.05) is 42.5 Å². The molecule has 2 heterocycles. The summed E-state index contributed by atoms with van der Waals surface area (Å²) in [6.45, 7) is 3.35. The molecule has 0 aliphatic carbocycles. The van der Waals surface area contributed by atoms with Crippen LogP contribution in [-0.4, -0.2) is 21.7 Å². The zero-order valence-electron chi connectivity index (χ0n) is 11.6. The lowest BCUT2D eigenvalue weighted by Gasteiger charge is -2.08. The summed E-state index contributed by atoms with van der Waals surface area (Å²) in [5.41, 5.74) is 2.20. The Morgan fingerprint density at radius 2 is 2.19 bits per heavy atom. The molecule has 21 heavy (non-hydrogen) atoms. The van der Waals surface area contributed by atoms with Gasteiger partial charge in [0.1, 0.15) is 0 Å². The molecule has 108 valence electrons. The highest BCUT2D eigenvalue weighted by Gasteiger charge is 2.06. The second kappa shape index (κ2) is 6.32. The molecule has 0 aliphatic heterocycles. The van der Waals surface area contributed by atoms with E-state index in [1.807, 2.05) is 12.3 Å². The maximum Gasteiger partial charge on any atom is 0.223 e. The number of pyridine rings is 1. The Kier molecular flexibility index (Phi) is 4.26. The Bertz CT molecular complexity index is 756. The predicted molar refractivity (Wildman–Crippen MR) is 83.9 cm³/mol. The summed E-state index contributed by atoms with van der Waals surface area (Å²) >= 11 is 3.56. The first-order chi connectivity index (χ1) is 10.2. The lowest BCUT2D eigenvalue weighted by Crippen LogP contribution is -2.17. The van der Waals surface area contributed by atoms with Gasteiger partial charge in [0.05, 0.1) is 5.52 Å². The number of fused-ring (bicyclic) bond motifs is 1. The Morgan fingerprint density at radius 1 is 1.29 bits per heavy atom. The van der Waals surface area contributed by atoms with E-state index in [1.165, 1.54) is 5.56 Å². The van der Waals surface area contributed by atoms with Gasteiger partial charge in [0.25, 0.3) is 0 Å². The zero-order valence-corrected chi connectivity index (χ0v) is 13.2. The van der Waals surface area contributed by atoms with E-state index >= 15 is 0 Å². The zero-order chi connectivity index (χ0) is 14.7. The lowest BCUT2D eigenvalue weighted by atomic mass is 10.1. The highest BCUT2D eigenvalue weighted by atomic mass is 79.9. The molecule has 2 aromatic heterocycles. The van der Waals surface area contributed by atoms with Gasteiger partial charge in [0.15, 0.2) is 5.82 Å². The minimum Gasteiger partial charge on any atom is -0.340 e. The Hall–Kier alpha value is -1.79. The van der Waals surface area contributed by atoms with Gasteiger partial charge >= 0.3 is 0 Å². The van der Waals surface area contributed by atoms with Crippen molar-refractivity contribution in [1.82, 2.24) is 20.4 Å². The van der Waals surface area contributed by atoms with Crippen LogP contribution in [-0.2, 0) is 13.0 Å². The molecule has 0 fully saturated rings. The number of aryl methyl sites for hydroxylation is 1. The fourth-order valence-electron chi connectivity index (χ4n) is 2.21. The van der Waals surface area contributed by atoms with Crippen LogP contribution < -0.4 is 5.32 Å². The first-order valence-electron chi connectivity index (χ1n) is 6.76. The Morgan fingerprint density at radius 3 is 3.00 bits per heavy atom. The molecule has 0 atom stereocenters. The Balaban J connectivity index is 1.64. The normalized spacial score (nSPS) is 11.1. The van der Waals surface area contributed by atoms with Gasteiger partial charge in [-0.25, -0.2) is 0 Å². The third-order valence-corrected chi connectivity index (χ3v) is 3.90. The van der Waals surface area contributed by atoms with Gasteiger partial charge in [-0.05, 0) is 17.7 Å². The molecule has 5 nitrogen and oxygen atoms in total. The van der Waals surface area contributed by atoms with Crippen molar-refractivity contribution in [3.63, 3.8) is 0 Å². The molecule has 1 aromatic carbocycles. The van der Waals surface area contributed by atoms with Crippen molar-refractivity contribution in [3.8, 4) is 0 Å². The molecular weight excluding hydrogens is 332 g/mol. The maximum absolute atomic E-state index is 4.95. The third kappa shape index (κ3) is 3.28. The summed E-state index contributed by atoms with van der Waals surface area (Å²) in [5, 5.41) is 8.40. The summed E-state index contributed by atoms with van der Waals surface area (Å²) in [6, 6.07) is 8.16. The van der Waals surface area contributed by atoms with Crippen LogP contribution >= 0.6 is 15.9 Å². The van der Waals surface area contributed by atoms with Crippen molar-refractivity contribution in [2.45, 2.75) is 19.9 Å². The van der Waals surface area contributed by atoms with E-state index in [0.717, 1.165) is 40.7 Å². The minimum absolute atomic E-state index is 0.605. The van der Waals surface area contributed by atoms with Crippen LogP contribution in [0.15, 0.2) is 39.5 Å². The van der Waals surface area contributed by atoms with Crippen LogP contribution in [0.2, 0.25) is 0 Å². The standard InChI is InChI=1S/C15H15BrN4O/c1-10-19-14(20-21-10)6-8-17-9-11-4-5-13(16)12-3-2-7-18-15(11)12/h2-5,7,17H,6,8-9H2,1H3. The number of aromatic nitrogens is 3. The molecule has 0 aliphatic rings. The van der Waals surface area contributed by atoms with E-state index in [9.17, 15) is 0 Å². The quantitative estimate of drug-likeness (QED) is 0.719. The molecule has 1 N–H and O–H groups in total. The number of halogens is 1. The average molecular weight is 347 g/mol. The molecule has 6 heteroatoms. The van der Waals surface area contributed by atoms with Gasteiger partial charge in [0.2, 0.25) is 5.89 Å². The van der Waals surface area contributed by atoms with Gasteiger partial charge in [-0.3, -0.25) is 4.98 Å². The topological polar surface area (TPSA) is 63.8 Å². The number of rotatable bonds is 5. The SMILES string of the molecule is Cc1nc(CCNCc2ccc(Br)c3cccnc23)no1. The summed E-state index contributed by atoms with van der Waals surface area (Å²) in [7, 11) is 0. The molecule has 0 amide bonds. The van der Waals surface area contributed by atoms with Crippen LogP contribution in [0.5, 0.6) is 0 Å². The predicted octanol–water partition coefficient (Wildman–Crippen LogP) is 3.02. The largest absolute Gasteiger partial charge is 0.340 e. The third-order valence-electron chi connectivity index (χ3n) is 3.21. The highest BCUT2D eigenvalue weighted by molar-refractivity contribution is 9.10. The van der Waals surface area contributed by atoms with E-state index in [4.69, 9.17) is 4.52 Å². The summed E-state index contributed by atoms with van der Waals surface area (Å²) < 4.78 is 6.01. The van der Waals surface area contributed by atoms with Gasteiger partial charge in [-0.1, -0.05) is 33.2 Å². The molecular formula is C15H15BrN4O. The molecule has 0 saturated carbocycles. The van der Waals surface area contributed by atoms with Crippen LogP contribution in [0, 0.1) is 6.92 Å². The summed E-state index contributed by atoms with van der Waals surface area (Å²) in [5.74, 6) is 1.34. The van der Waals surface area contributed by atoms with Crippen molar-refractivity contribution >= 4 is 26.8 Å². The number of nitrogens with one attached hydrogen (secondary N) is 1. The Labute approximate surface area is 130 Å². The number of hydrogen-bond donors (Lipinski definition) is 1. The van der Waals surface area contributed by atoms with Crippen LogP contribution in [0.3, 0.4) is 0 Å². The van der Waals surface area contributed by atoms with Gasteiger partial charge in [-0.15, -0.1) is 0 Å². The smallest absolute Gasteiger partial charge is 0.223 e. The van der Waals surface area contributed by atoms with E-state index < -0.39 is 0 Å². The first kappa shape index (κ1) is 14.2. The number of hydrogen-bond acceptors (Lipinski definition) is 5. The lowest BCUT2D eigenvalue weighted by molar-refractivity contribution is 0.387. The van der Waals surface area contributed by atoms with Crippen LogP contribution in [0.1, 0.15) is 17.3 Å². The second-order valence-corrected chi connectivity index (χ2v) is 5.62. The first-order valence-corrected chi connectivity index (χ1v) is 7.55. The number of nitrogens with zero attached hydrogens (tertiary/aromatic N) is 3. The van der Waals surface area contributed by atoms with E-state index in [-0.39, 0.29) is 0 Å². The summed E-state index contributed by atoms with van der Waals surface area (Å²) in [4.78, 5) is 8.65.